The van der Waals surface area contributed by atoms with Gasteiger partial charge in [-0.2, -0.15) is 0 Å². The number of nitrogens with zero attached hydrogens (tertiary/aromatic N) is 2. The van der Waals surface area contributed by atoms with Crippen LogP contribution in [0.25, 0.3) is 0 Å². The van der Waals surface area contributed by atoms with Gasteiger partial charge in [-0.05, 0) is 38.3 Å². The zero-order valence-electron chi connectivity index (χ0n) is 12.6. The molecule has 0 radical (unpaired) electrons. The van der Waals surface area contributed by atoms with E-state index >= 15 is 0 Å². The van der Waals surface area contributed by atoms with Crippen molar-refractivity contribution < 1.29 is 0 Å². The molecule has 3 nitrogen and oxygen atoms in total. The third-order valence-electron chi connectivity index (χ3n) is 3.56. The molecule has 0 amide bonds. The van der Waals surface area contributed by atoms with E-state index in [2.05, 4.69) is 59.0 Å². The Labute approximate surface area is 122 Å². The fourth-order valence-corrected chi connectivity index (χ4v) is 2.44. The highest BCUT2D eigenvalue weighted by Gasteiger charge is 2.05. The monoisotopic (exact) mass is 271 g/mol. The molecule has 0 aliphatic carbocycles. The van der Waals surface area contributed by atoms with Crippen LogP contribution in [0.4, 0.5) is 0 Å². The Kier molecular flexibility index (Phi) is 5.81. The van der Waals surface area contributed by atoms with E-state index in [1.165, 1.54) is 17.7 Å². The lowest BCUT2D eigenvalue weighted by Gasteiger charge is -2.11. The largest absolute Gasteiger partial charge is 0.331 e. The van der Waals surface area contributed by atoms with Gasteiger partial charge in [0.1, 0.15) is 5.82 Å². The third kappa shape index (κ3) is 4.20. The molecule has 2 aromatic rings. The van der Waals surface area contributed by atoms with Gasteiger partial charge in [0.05, 0.1) is 5.69 Å². The first-order valence-corrected chi connectivity index (χ1v) is 7.57. The van der Waals surface area contributed by atoms with Crippen molar-refractivity contribution >= 4 is 0 Å². The van der Waals surface area contributed by atoms with Gasteiger partial charge >= 0.3 is 0 Å². The molecule has 0 saturated heterocycles. The van der Waals surface area contributed by atoms with Crippen LogP contribution >= 0.6 is 0 Å². The summed E-state index contributed by atoms with van der Waals surface area (Å²) < 4.78 is 2.34. The molecule has 0 aliphatic heterocycles. The molecule has 0 fully saturated rings. The van der Waals surface area contributed by atoms with Gasteiger partial charge in [-0.1, -0.05) is 37.3 Å². The molecular weight excluding hydrogens is 246 g/mol. The van der Waals surface area contributed by atoms with Gasteiger partial charge in [0, 0.05) is 19.3 Å². The number of rotatable bonds is 8. The van der Waals surface area contributed by atoms with E-state index in [1.54, 1.807) is 0 Å². The van der Waals surface area contributed by atoms with Gasteiger partial charge in [0.15, 0.2) is 0 Å². The van der Waals surface area contributed by atoms with Crippen molar-refractivity contribution in [2.24, 2.45) is 0 Å². The van der Waals surface area contributed by atoms with E-state index in [9.17, 15) is 0 Å². The van der Waals surface area contributed by atoms with Gasteiger partial charge in [-0.3, -0.25) is 0 Å². The minimum Gasteiger partial charge on any atom is -0.331 e. The van der Waals surface area contributed by atoms with Crippen LogP contribution in [0.1, 0.15) is 36.8 Å². The molecule has 0 spiro atoms. The van der Waals surface area contributed by atoms with E-state index in [0.29, 0.717) is 0 Å². The first-order chi connectivity index (χ1) is 9.81. The zero-order valence-corrected chi connectivity index (χ0v) is 12.6. The Bertz CT molecular complexity index is 502. The van der Waals surface area contributed by atoms with Crippen LogP contribution in [0, 0.1) is 6.92 Å². The van der Waals surface area contributed by atoms with Crippen LogP contribution in [0.2, 0.25) is 0 Å². The highest BCUT2D eigenvalue weighted by atomic mass is 15.1. The molecule has 0 atom stereocenters. The summed E-state index contributed by atoms with van der Waals surface area (Å²) in [6, 6.07) is 10.7. The van der Waals surface area contributed by atoms with E-state index in [4.69, 9.17) is 0 Å². The molecule has 20 heavy (non-hydrogen) atoms. The van der Waals surface area contributed by atoms with Crippen LogP contribution in [0.15, 0.2) is 36.5 Å². The van der Waals surface area contributed by atoms with Crippen molar-refractivity contribution in [2.75, 3.05) is 6.54 Å². The fraction of sp³-hybridized carbons (Fsp3) is 0.471. The average Bonchev–Trinajstić information content (AvgIpc) is 2.82. The normalized spacial score (nSPS) is 10.9. The maximum absolute atomic E-state index is 4.44. The van der Waals surface area contributed by atoms with Crippen LogP contribution in [0.5, 0.6) is 0 Å². The van der Waals surface area contributed by atoms with Crippen molar-refractivity contribution in [3.8, 4) is 0 Å². The van der Waals surface area contributed by atoms with Crippen LogP contribution in [-0.4, -0.2) is 16.1 Å². The first-order valence-electron chi connectivity index (χ1n) is 7.57. The number of aryl methyl sites for hydroxylation is 2. The Balaban J connectivity index is 1.87. The first kappa shape index (κ1) is 14.8. The quantitative estimate of drug-likeness (QED) is 0.746. The van der Waals surface area contributed by atoms with E-state index < -0.39 is 0 Å². The average molecular weight is 271 g/mol. The molecule has 1 aromatic carbocycles. The number of hydrogen-bond acceptors (Lipinski definition) is 2. The Hall–Kier alpha value is -1.61. The summed E-state index contributed by atoms with van der Waals surface area (Å²) >= 11 is 0. The number of benzene rings is 1. The Morgan fingerprint density at radius 3 is 2.75 bits per heavy atom. The van der Waals surface area contributed by atoms with E-state index in [1.807, 2.05) is 6.20 Å². The number of aromatic nitrogens is 2. The third-order valence-corrected chi connectivity index (χ3v) is 3.56. The second-order valence-electron chi connectivity index (χ2n) is 5.21. The Morgan fingerprint density at radius 2 is 2.00 bits per heavy atom. The molecular formula is C17H25N3. The smallest absolute Gasteiger partial charge is 0.105 e. The Morgan fingerprint density at radius 1 is 1.20 bits per heavy atom. The maximum atomic E-state index is 4.44. The molecule has 1 N–H and O–H groups in total. The van der Waals surface area contributed by atoms with Gasteiger partial charge in [-0.25, -0.2) is 4.98 Å². The van der Waals surface area contributed by atoms with Crippen LogP contribution < -0.4 is 5.32 Å². The van der Waals surface area contributed by atoms with E-state index in [-0.39, 0.29) is 0 Å². The number of nitrogens with one attached hydrogen (secondary N) is 1. The molecule has 0 saturated carbocycles. The molecule has 2 rings (SSSR count). The van der Waals surface area contributed by atoms with Crippen molar-refractivity contribution in [3.63, 3.8) is 0 Å². The fourth-order valence-electron chi connectivity index (χ4n) is 2.44. The molecule has 0 bridgehead atoms. The standard InChI is InChI=1S/C17H25N3/c1-3-11-18-13-17-14-19-15(2)20(17)12-7-10-16-8-5-4-6-9-16/h4-6,8-9,14,18H,3,7,10-13H2,1-2H3. The summed E-state index contributed by atoms with van der Waals surface area (Å²) in [6.07, 6.45) is 5.45. The summed E-state index contributed by atoms with van der Waals surface area (Å²) in [5.41, 5.74) is 2.71. The number of hydrogen-bond donors (Lipinski definition) is 1. The summed E-state index contributed by atoms with van der Waals surface area (Å²) in [6.45, 7) is 7.30. The van der Waals surface area contributed by atoms with Crippen molar-refractivity contribution in [1.82, 2.24) is 14.9 Å². The van der Waals surface area contributed by atoms with Crippen LogP contribution in [-0.2, 0) is 19.5 Å². The molecule has 108 valence electrons. The topological polar surface area (TPSA) is 29.9 Å². The minimum absolute atomic E-state index is 0.917. The molecule has 0 unspecified atom stereocenters. The van der Waals surface area contributed by atoms with Crippen molar-refractivity contribution in [2.45, 2.75) is 46.2 Å². The minimum atomic E-state index is 0.917. The van der Waals surface area contributed by atoms with Gasteiger partial charge in [0.25, 0.3) is 0 Å². The predicted molar refractivity (Wildman–Crippen MR) is 83.7 cm³/mol. The summed E-state index contributed by atoms with van der Waals surface area (Å²) in [5, 5.41) is 3.45. The van der Waals surface area contributed by atoms with E-state index in [0.717, 1.165) is 38.3 Å². The lowest BCUT2D eigenvalue weighted by Crippen LogP contribution is -2.17. The second kappa shape index (κ2) is 7.85. The zero-order chi connectivity index (χ0) is 14.2. The highest BCUT2D eigenvalue weighted by molar-refractivity contribution is 5.14. The SMILES string of the molecule is CCCNCc1cnc(C)n1CCCc1ccccc1. The molecule has 3 heteroatoms. The summed E-state index contributed by atoms with van der Waals surface area (Å²) in [5.74, 6) is 1.12. The highest BCUT2D eigenvalue weighted by Crippen LogP contribution is 2.09. The van der Waals surface area contributed by atoms with Gasteiger partial charge in [0.2, 0.25) is 0 Å². The lowest BCUT2D eigenvalue weighted by molar-refractivity contribution is 0.573. The summed E-state index contributed by atoms with van der Waals surface area (Å²) in [7, 11) is 0. The van der Waals surface area contributed by atoms with Gasteiger partial charge in [-0.15, -0.1) is 0 Å². The molecule has 1 heterocycles. The number of imidazole rings is 1. The van der Waals surface area contributed by atoms with Crippen LogP contribution in [0.3, 0.4) is 0 Å². The van der Waals surface area contributed by atoms with Crippen molar-refractivity contribution in [1.29, 1.82) is 0 Å². The molecule has 0 aliphatic rings. The second-order valence-corrected chi connectivity index (χ2v) is 5.21. The van der Waals surface area contributed by atoms with Crippen molar-refractivity contribution in [3.05, 3.63) is 53.6 Å². The predicted octanol–water partition coefficient (Wildman–Crippen LogP) is 3.32. The maximum Gasteiger partial charge on any atom is 0.105 e. The lowest BCUT2D eigenvalue weighted by atomic mass is 10.1. The van der Waals surface area contributed by atoms with Gasteiger partial charge < -0.3 is 9.88 Å². The molecule has 1 aromatic heterocycles. The summed E-state index contributed by atoms with van der Waals surface area (Å²) in [4.78, 5) is 4.44.